The molecule has 0 aliphatic carbocycles. The van der Waals surface area contributed by atoms with E-state index < -0.39 is 0 Å². The van der Waals surface area contributed by atoms with E-state index in [4.69, 9.17) is 4.74 Å². The zero-order chi connectivity index (χ0) is 14.3. The topological polar surface area (TPSA) is 21.3 Å². The van der Waals surface area contributed by atoms with Crippen molar-refractivity contribution in [3.63, 3.8) is 0 Å². The molecule has 2 nitrogen and oxygen atoms in total. The van der Waals surface area contributed by atoms with Gasteiger partial charge in [-0.3, -0.25) is 0 Å². The number of benzene rings is 1. The standard InChI is InChI=1S/C17H29NO/c1-6-19-17-9-7-16(8-10-17)15(5)14(4)12-18-11-13(2)3/h7-10,13-15,18H,6,11-12H2,1-5H3. The Labute approximate surface area is 118 Å². The Morgan fingerprint density at radius 2 is 1.63 bits per heavy atom. The lowest BCUT2D eigenvalue weighted by Gasteiger charge is -2.21. The molecule has 0 heterocycles. The Morgan fingerprint density at radius 3 is 2.16 bits per heavy atom. The van der Waals surface area contributed by atoms with E-state index in [0.717, 1.165) is 25.4 Å². The second kappa shape index (κ2) is 8.21. The van der Waals surface area contributed by atoms with E-state index in [0.29, 0.717) is 17.8 Å². The molecule has 1 aromatic carbocycles. The molecular weight excluding hydrogens is 234 g/mol. The fourth-order valence-electron chi connectivity index (χ4n) is 2.14. The van der Waals surface area contributed by atoms with Gasteiger partial charge in [-0.2, -0.15) is 0 Å². The van der Waals surface area contributed by atoms with Crippen LogP contribution in [0.25, 0.3) is 0 Å². The van der Waals surface area contributed by atoms with Gasteiger partial charge in [0.05, 0.1) is 6.61 Å². The average Bonchev–Trinajstić information content (AvgIpc) is 2.38. The van der Waals surface area contributed by atoms with Gasteiger partial charge < -0.3 is 10.1 Å². The molecule has 0 aliphatic heterocycles. The smallest absolute Gasteiger partial charge is 0.119 e. The van der Waals surface area contributed by atoms with Crippen molar-refractivity contribution in [2.75, 3.05) is 19.7 Å². The minimum atomic E-state index is 0.565. The van der Waals surface area contributed by atoms with Crippen molar-refractivity contribution in [1.29, 1.82) is 0 Å². The summed E-state index contributed by atoms with van der Waals surface area (Å²) in [4.78, 5) is 0. The Bertz CT molecular complexity index is 345. The van der Waals surface area contributed by atoms with Gasteiger partial charge in [0, 0.05) is 0 Å². The summed E-state index contributed by atoms with van der Waals surface area (Å²) in [6, 6.07) is 8.52. The molecule has 2 atom stereocenters. The predicted octanol–water partition coefficient (Wildman–Crippen LogP) is 4.07. The van der Waals surface area contributed by atoms with Crippen LogP contribution in [-0.2, 0) is 0 Å². The van der Waals surface area contributed by atoms with Gasteiger partial charge in [-0.25, -0.2) is 0 Å². The van der Waals surface area contributed by atoms with Gasteiger partial charge in [-0.05, 0) is 55.5 Å². The van der Waals surface area contributed by atoms with Gasteiger partial charge in [-0.15, -0.1) is 0 Å². The summed E-state index contributed by atoms with van der Waals surface area (Å²) in [6.07, 6.45) is 0. The highest BCUT2D eigenvalue weighted by molar-refractivity contribution is 5.29. The number of nitrogens with one attached hydrogen (secondary N) is 1. The SMILES string of the molecule is CCOc1ccc(C(C)C(C)CNCC(C)C)cc1. The highest BCUT2D eigenvalue weighted by Gasteiger charge is 2.14. The number of ether oxygens (including phenoxy) is 1. The van der Waals surface area contributed by atoms with E-state index in [9.17, 15) is 0 Å². The van der Waals surface area contributed by atoms with Crippen LogP contribution in [0.5, 0.6) is 5.75 Å². The van der Waals surface area contributed by atoms with E-state index in [1.165, 1.54) is 5.56 Å². The van der Waals surface area contributed by atoms with Crippen LogP contribution in [0.3, 0.4) is 0 Å². The first-order chi connectivity index (χ1) is 9.04. The number of hydrogen-bond donors (Lipinski definition) is 1. The molecule has 1 N–H and O–H groups in total. The molecule has 0 aromatic heterocycles. The monoisotopic (exact) mass is 263 g/mol. The lowest BCUT2D eigenvalue weighted by atomic mass is 9.89. The van der Waals surface area contributed by atoms with Crippen LogP contribution in [0.15, 0.2) is 24.3 Å². The first-order valence-electron chi connectivity index (χ1n) is 7.48. The van der Waals surface area contributed by atoms with Crippen LogP contribution >= 0.6 is 0 Å². The van der Waals surface area contributed by atoms with Crippen molar-refractivity contribution in [1.82, 2.24) is 5.32 Å². The second-order valence-corrected chi connectivity index (χ2v) is 5.82. The molecule has 108 valence electrons. The van der Waals surface area contributed by atoms with E-state index in [2.05, 4.69) is 57.3 Å². The maximum absolute atomic E-state index is 5.48. The molecule has 0 fully saturated rings. The third kappa shape index (κ3) is 5.65. The fraction of sp³-hybridized carbons (Fsp3) is 0.647. The molecular formula is C17H29NO. The van der Waals surface area contributed by atoms with Crippen molar-refractivity contribution >= 4 is 0 Å². The first-order valence-corrected chi connectivity index (χ1v) is 7.48. The van der Waals surface area contributed by atoms with Crippen molar-refractivity contribution in [3.05, 3.63) is 29.8 Å². The fourth-order valence-corrected chi connectivity index (χ4v) is 2.14. The first kappa shape index (κ1) is 16.0. The predicted molar refractivity (Wildman–Crippen MR) is 82.9 cm³/mol. The van der Waals surface area contributed by atoms with E-state index in [-0.39, 0.29) is 0 Å². The highest BCUT2D eigenvalue weighted by atomic mass is 16.5. The molecule has 0 radical (unpaired) electrons. The molecule has 0 saturated carbocycles. The minimum absolute atomic E-state index is 0.565. The van der Waals surface area contributed by atoms with Crippen molar-refractivity contribution in [3.8, 4) is 5.75 Å². The maximum Gasteiger partial charge on any atom is 0.119 e. The molecule has 2 heteroatoms. The van der Waals surface area contributed by atoms with Crippen LogP contribution in [0.4, 0.5) is 0 Å². The highest BCUT2D eigenvalue weighted by Crippen LogP contribution is 2.25. The quantitative estimate of drug-likeness (QED) is 0.763. The van der Waals surface area contributed by atoms with Gasteiger partial charge in [0.15, 0.2) is 0 Å². The second-order valence-electron chi connectivity index (χ2n) is 5.82. The largest absolute Gasteiger partial charge is 0.494 e. The molecule has 0 aliphatic rings. The molecule has 0 bridgehead atoms. The summed E-state index contributed by atoms with van der Waals surface area (Å²) in [5, 5.41) is 3.54. The average molecular weight is 263 g/mol. The lowest BCUT2D eigenvalue weighted by molar-refractivity contribution is 0.340. The summed E-state index contributed by atoms with van der Waals surface area (Å²) in [7, 11) is 0. The van der Waals surface area contributed by atoms with Crippen molar-refractivity contribution < 1.29 is 4.74 Å². The molecule has 1 aromatic rings. The molecule has 0 saturated heterocycles. The van der Waals surface area contributed by atoms with Crippen LogP contribution in [-0.4, -0.2) is 19.7 Å². The Morgan fingerprint density at radius 1 is 1.00 bits per heavy atom. The zero-order valence-electron chi connectivity index (χ0n) is 13.1. The van der Waals surface area contributed by atoms with Gasteiger partial charge in [0.2, 0.25) is 0 Å². The van der Waals surface area contributed by atoms with E-state index >= 15 is 0 Å². The molecule has 2 unspecified atom stereocenters. The van der Waals surface area contributed by atoms with E-state index in [1.807, 2.05) is 6.92 Å². The summed E-state index contributed by atoms with van der Waals surface area (Å²) in [5.41, 5.74) is 1.39. The van der Waals surface area contributed by atoms with Crippen LogP contribution < -0.4 is 10.1 Å². The maximum atomic E-state index is 5.48. The van der Waals surface area contributed by atoms with Gasteiger partial charge in [0.25, 0.3) is 0 Å². The minimum Gasteiger partial charge on any atom is -0.494 e. The molecule has 19 heavy (non-hydrogen) atoms. The molecule has 0 spiro atoms. The zero-order valence-corrected chi connectivity index (χ0v) is 13.1. The third-order valence-electron chi connectivity index (χ3n) is 3.59. The molecule has 0 amide bonds. The van der Waals surface area contributed by atoms with Crippen molar-refractivity contribution in [2.24, 2.45) is 11.8 Å². The molecule has 1 rings (SSSR count). The van der Waals surface area contributed by atoms with E-state index in [1.54, 1.807) is 0 Å². The number of rotatable bonds is 8. The summed E-state index contributed by atoms with van der Waals surface area (Å²) in [5.74, 6) is 2.88. The van der Waals surface area contributed by atoms with Crippen molar-refractivity contribution in [2.45, 2.75) is 40.5 Å². The van der Waals surface area contributed by atoms with Gasteiger partial charge in [-0.1, -0.05) is 39.8 Å². The Balaban J connectivity index is 2.48. The Hall–Kier alpha value is -1.02. The van der Waals surface area contributed by atoms with Gasteiger partial charge >= 0.3 is 0 Å². The van der Waals surface area contributed by atoms with Crippen LogP contribution in [0.1, 0.15) is 46.1 Å². The Kier molecular flexibility index (Phi) is 6.93. The number of hydrogen-bond acceptors (Lipinski definition) is 2. The normalized spacial score (nSPS) is 14.4. The summed E-state index contributed by atoms with van der Waals surface area (Å²) in [6.45, 7) is 14.0. The van der Waals surface area contributed by atoms with Gasteiger partial charge in [0.1, 0.15) is 5.75 Å². The summed E-state index contributed by atoms with van der Waals surface area (Å²) >= 11 is 0. The summed E-state index contributed by atoms with van der Waals surface area (Å²) < 4.78 is 5.48. The lowest BCUT2D eigenvalue weighted by Crippen LogP contribution is -2.27. The third-order valence-corrected chi connectivity index (χ3v) is 3.59. The van der Waals surface area contributed by atoms with Crippen LogP contribution in [0, 0.1) is 11.8 Å². The van der Waals surface area contributed by atoms with Crippen LogP contribution in [0.2, 0.25) is 0 Å².